The first-order valence-corrected chi connectivity index (χ1v) is 6.67. The topological polar surface area (TPSA) is 77.1 Å². The maximum absolute atomic E-state index is 13.7. The van der Waals surface area contributed by atoms with Crippen LogP contribution in [0.2, 0.25) is 0 Å². The smallest absolute Gasteiger partial charge is 0.361 e. The van der Waals surface area contributed by atoms with Gasteiger partial charge in [-0.3, -0.25) is 0 Å². The van der Waals surface area contributed by atoms with E-state index in [2.05, 4.69) is 15.4 Å². The van der Waals surface area contributed by atoms with Gasteiger partial charge in [0.15, 0.2) is 5.69 Å². The Hall–Kier alpha value is -2.44. The van der Waals surface area contributed by atoms with Gasteiger partial charge in [-0.1, -0.05) is 6.92 Å². The first-order valence-electron chi connectivity index (χ1n) is 6.67. The van der Waals surface area contributed by atoms with Crippen LogP contribution in [0.3, 0.4) is 0 Å². The number of esters is 1. The third-order valence-electron chi connectivity index (χ3n) is 2.63. The summed E-state index contributed by atoms with van der Waals surface area (Å²) in [5.41, 5.74) is 0.649. The van der Waals surface area contributed by atoms with Gasteiger partial charge in [0.2, 0.25) is 0 Å². The Kier molecular flexibility index (Phi) is 4.86. The van der Waals surface area contributed by atoms with Crippen molar-refractivity contribution in [2.45, 2.75) is 20.3 Å². The Labute approximate surface area is 121 Å². The van der Waals surface area contributed by atoms with E-state index in [1.807, 2.05) is 6.92 Å². The predicted molar refractivity (Wildman–Crippen MR) is 73.5 cm³/mol. The quantitative estimate of drug-likeness (QED) is 0.828. The third-order valence-corrected chi connectivity index (χ3v) is 2.63. The van der Waals surface area contributed by atoms with Crippen molar-refractivity contribution in [1.29, 1.82) is 0 Å². The number of hydrogen-bond acceptors (Lipinski definition) is 5. The number of rotatable bonds is 6. The van der Waals surface area contributed by atoms with E-state index >= 15 is 0 Å². The van der Waals surface area contributed by atoms with E-state index in [1.54, 1.807) is 13.0 Å². The molecule has 1 N–H and O–H groups in total. The summed E-state index contributed by atoms with van der Waals surface area (Å²) < 4.78 is 24.0. The van der Waals surface area contributed by atoms with Crippen molar-refractivity contribution in [3.05, 3.63) is 29.7 Å². The standard InChI is InChI=1S/C14H16FN3O3/c1-3-5-21-11-7-9(6-10(15)8-11)12-13(17-18-16-12)14(19)20-4-2/h6-8H,3-5H2,1-2H3,(H,16,17,18). The second-order valence-corrected chi connectivity index (χ2v) is 4.27. The van der Waals surface area contributed by atoms with Gasteiger partial charge in [0.25, 0.3) is 0 Å². The molecule has 2 aromatic rings. The van der Waals surface area contributed by atoms with Crippen LogP contribution in [0, 0.1) is 5.82 Å². The average molecular weight is 293 g/mol. The molecule has 1 heterocycles. The Morgan fingerprint density at radius 2 is 2.10 bits per heavy atom. The minimum absolute atomic E-state index is 0.0175. The summed E-state index contributed by atoms with van der Waals surface area (Å²) in [6, 6.07) is 4.15. The summed E-state index contributed by atoms with van der Waals surface area (Å²) in [6.45, 7) is 4.35. The fourth-order valence-electron chi connectivity index (χ4n) is 1.78. The number of H-pyrrole nitrogens is 1. The molecule has 0 atom stereocenters. The zero-order chi connectivity index (χ0) is 15.2. The number of ether oxygens (including phenoxy) is 2. The molecular weight excluding hydrogens is 277 g/mol. The molecule has 0 aliphatic heterocycles. The van der Waals surface area contributed by atoms with E-state index in [0.29, 0.717) is 17.9 Å². The van der Waals surface area contributed by atoms with Crippen LogP contribution in [0.5, 0.6) is 5.75 Å². The molecular formula is C14H16FN3O3. The summed E-state index contributed by atoms with van der Waals surface area (Å²) in [5.74, 6) is -0.706. The van der Waals surface area contributed by atoms with Crippen LogP contribution in [0.15, 0.2) is 18.2 Å². The van der Waals surface area contributed by atoms with E-state index in [0.717, 1.165) is 6.42 Å². The fraction of sp³-hybridized carbons (Fsp3) is 0.357. The van der Waals surface area contributed by atoms with Gasteiger partial charge in [0.1, 0.15) is 17.3 Å². The van der Waals surface area contributed by atoms with E-state index in [9.17, 15) is 9.18 Å². The Balaban J connectivity index is 2.36. The second-order valence-electron chi connectivity index (χ2n) is 4.27. The molecule has 0 saturated carbocycles. The third kappa shape index (κ3) is 3.56. The molecule has 0 saturated heterocycles. The van der Waals surface area contributed by atoms with E-state index in [-0.39, 0.29) is 18.0 Å². The van der Waals surface area contributed by atoms with Crippen molar-refractivity contribution < 1.29 is 18.7 Å². The van der Waals surface area contributed by atoms with Gasteiger partial charge in [0.05, 0.1) is 13.2 Å². The minimum Gasteiger partial charge on any atom is -0.493 e. The van der Waals surface area contributed by atoms with Crippen LogP contribution >= 0.6 is 0 Å². The molecule has 1 aromatic carbocycles. The van der Waals surface area contributed by atoms with Gasteiger partial charge >= 0.3 is 5.97 Å². The molecule has 2 rings (SSSR count). The Morgan fingerprint density at radius 1 is 1.29 bits per heavy atom. The largest absolute Gasteiger partial charge is 0.493 e. The van der Waals surface area contributed by atoms with Crippen LogP contribution in [-0.2, 0) is 4.74 Å². The first-order chi connectivity index (χ1) is 10.2. The number of halogens is 1. The van der Waals surface area contributed by atoms with Gasteiger partial charge < -0.3 is 9.47 Å². The van der Waals surface area contributed by atoms with Crippen LogP contribution in [-0.4, -0.2) is 34.6 Å². The van der Waals surface area contributed by atoms with E-state index in [4.69, 9.17) is 9.47 Å². The second kappa shape index (κ2) is 6.83. The van der Waals surface area contributed by atoms with Crippen molar-refractivity contribution in [3.63, 3.8) is 0 Å². The zero-order valence-electron chi connectivity index (χ0n) is 11.9. The first kappa shape index (κ1) is 15.0. The van der Waals surface area contributed by atoms with E-state index < -0.39 is 11.8 Å². The number of carbonyl (C=O) groups is 1. The molecule has 0 fully saturated rings. The van der Waals surface area contributed by atoms with Crippen LogP contribution in [0.1, 0.15) is 30.8 Å². The summed E-state index contributed by atoms with van der Waals surface area (Å²) in [6.07, 6.45) is 0.809. The maximum atomic E-state index is 13.7. The molecule has 7 heteroatoms. The van der Waals surface area contributed by atoms with Crippen LogP contribution in [0.25, 0.3) is 11.3 Å². The molecule has 0 spiro atoms. The SMILES string of the molecule is CCCOc1cc(F)cc(-c2n[nH]nc2C(=O)OCC)c1. The molecule has 1 aromatic heterocycles. The Morgan fingerprint density at radius 3 is 2.81 bits per heavy atom. The van der Waals surface area contributed by atoms with Crippen molar-refractivity contribution >= 4 is 5.97 Å². The number of carbonyl (C=O) groups excluding carboxylic acids is 1. The van der Waals surface area contributed by atoms with E-state index in [1.165, 1.54) is 12.1 Å². The molecule has 0 radical (unpaired) electrons. The number of hydrogen-bond donors (Lipinski definition) is 1. The lowest BCUT2D eigenvalue weighted by Gasteiger charge is -2.07. The molecule has 21 heavy (non-hydrogen) atoms. The predicted octanol–water partition coefficient (Wildman–Crippen LogP) is 2.58. The highest BCUT2D eigenvalue weighted by atomic mass is 19.1. The highest BCUT2D eigenvalue weighted by Gasteiger charge is 2.20. The molecule has 0 aliphatic carbocycles. The highest BCUT2D eigenvalue weighted by molar-refractivity contribution is 5.93. The molecule has 112 valence electrons. The van der Waals surface area contributed by atoms with Crippen molar-refractivity contribution in [2.24, 2.45) is 0 Å². The highest BCUT2D eigenvalue weighted by Crippen LogP contribution is 2.26. The van der Waals surface area contributed by atoms with Gasteiger partial charge in [0, 0.05) is 11.6 Å². The molecule has 0 bridgehead atoms. The monoisotopic (exact) mass is 293 g/mol. The fourth-order valence-corrected chi connectivity index (χ4v) is 1.78. The minimum atomic E-state index is -0.610. The van der Waals surface area contributed by atoms with Gasteiger partial charge in [-0.25, -0.2) is 9.18 Å². The van der Waals surface area contributed by atoms with Gasteiger partial charge in [-0.05, 0) is 25.5 Å². The lowest BCUT2D eigenvalue weighted by atomic mass is 10.1. The summed E-state index contributed by atoms with van der Waals surface area (Å²) in [5, 5.41) is 10.0. The molecule has 6 nitrogen and oxygen atoms in total. The lowest BCUT2D eigenvalue weighted by Crippen LogP contribution is -2.07. The summed E-state index contributed by atoms with van der Waals surface area (Å²) >= 11 is 0. The lowest BCUT2D eigenvalue weighted by molar-refractivity contribution is 0.0520. The zero-order valence-corrected chi connectivity index (χ0v) is 11.9. The maximum Gasteiger partial charge on any atom is 0.361 e. The van der Waals surface area contributed by atoms with Crippen LogP contribution < -0.4 is 4.74 Å². The van der Waals surface area contributed by atoms with Crippen LogP contribution in [0.4, 0.5) is 4.39 Å². The summed E-state index contributed by atoms with van der Waals surface area (Å²) in [7, 11) is 0. The number of nitrogens with one attached hydrogen (secondary N) is 1. The summed E-state index contributed by atoms with van der Waals surface area (Å²) in [4.78, 5) is 11.8. The molecule has 0 unspecified atom stereocenters. The Bertz CT molecular complexity index is 628. The molecule has 0 aliphatic rings. The normalized spacial score (nSPS) is 10.4. The van der Waals surface area contributed by atoms with Gasteiger partial charge in [-0.2, -0.15) is 10.3 Å². The molecule has 0 amide bonds. The average Bonchev–Trinajstić information content (AvgIpc) is 2.94. The van der Waals surface area contributed by atoms with Crippen molar-refractivity contribution in [1.82, 2.24) is 15.4 Å². The van der Waals surface area contributed by atoms with Crippen molar-refractivity contribution in [2.75, 3.05) is 13.2 Å². The number of benzene rings is 1. The van der Waals surface area contributed by atoms with Gasteiger partial charge in [-0.15, -0.1) is 5.10 Å². The number of nitrogens with zero attached hydrogens (tertiary/aromatic N) is 2. The number of aromatic amines is 1. The van der Waals surface area contributed by atoms with Crippen molar-refractivity contribution in [3.8, 4) is 17.0 Å². The number of aromatic nitrogens is 3.